The second-order valence-electron chi connectivity index (χ2n) is 4.60. The van der Waals surface area contributed by atoms with Gasteiger partial charge in [0.25, 0.3) is 0 Å². The van der Waals surface area contributed by atoms with Crippen molar-refractivity contribution in [3.63, 3.8) is 0 Å². The van der Waals surface area contributed by atoms with Gasteiger partial charge in [-0.25, -0.2) is 4.79 Å². The molecule has 1 N–H and O–H groups in total. The standard InChI is InChI=1S/C13H26N2O2/c1-2-3-11-17-12-8-14-13(16)15-9-6-4-5-7-10-15/h2-12H2,1H3,(H,14,16). The minimum atomic E-state index is 0.0750. The first kappa shape index (κ1) is 14.3. The second-order valence-corrected chi connectivity index (χ2v) is 4.60. The lowest BCUT2D eigenvalue weighted by Gasteiger charge is -2.20. The van der Waals surface area contributed by atoms with Gasteiger partial charge in [-0.2, -0.15) is 0 Å². The molecule has 0 aromatic carbocycles. The first-order valence-electron chi connectivity index (χ1n) is 6.95. The molecule has 1 rings (SSSR count). The first-order valence-corrected chi connectivity index (χ1v) is 6.95. The smallest absolute Gasteiger partial charge is 0.317 e. The van der Waals surface area contributed by atoms with Crippen LogP contribution in [0.5, 0.6) is 0 Å². The van der Waals surface area contributed by atoms with Crippen molar-refractivity contribution in [1.82, 2.24) is 10.2 Å². The Morgan fingerprint density at radius 3 is 2.53 bits per heavy atom. The first-order chi connectivity index (χ1) is 8.34. The zero-order chi connectivity index (χ0) is 12.3. The van der Waals surface area contributed by atoms with Gasteiger partial charge in [-0.1, -0.05) is 26.2 Å². The highest BCUT2D eigenvalue weighted by Gasteiger charge is 2.14. The fraction of sp³-hybridized carbons (Fsp3) is 0.923. The van der Waals surface area contributed by atoms with Crippen LogP contribution >= 0.6 is 0 Å². The summed E-state index contributed by atoms with van der Waals surface area (Å²) in [5.74, 6) is 0. The van der Waals surface area contributed by atoms with Crippen LogP contribution in [0, 0.1) is 0 Å². The topological polar surface area (TPSA) is 41.6 Å². The maximum atomic E-state index is 11.8. The summed E-state index contributed by atoms with van der Waals surface area (Å²) in [5.41, 5.74) is 0. The average molecular weight is 242 g/mol. The predicted octanol–water partition coefficient (Wildman–Crippen LogP) is 2.39. The number of likely N-dealkylation sites (tertiary alicyclic amines) is 1. The van der Waals surface area contributed by atoms with Crippen LogP contribution in [-0.2, 0) is 4.74 Å². The van der Waals surface area contributed by atoms with Crippen molar-refractivity contribution in [2.24, 2.45) is 0 Å². The number of nitrogens with zero attached hydrogens (tertiary/aromatic N) is 1. The molecule has 4 heteroatoms. The van der Waals surface area contributed by atoms with Gasteiger partial charge in [-0.3, -0.25) is 0 Å². The van der Waals surface area contributed by atoms with E-state index in [9.17, 15) is 4.79 Å². The lowest BCUT2D eigenvalue weighted by atomic mass is 10.2. The van der Waals surface area contributed by atoms with Crippen LogP contribution < -0.4 is 5.32 Å². The largest absolute Gasteiger partial charge is 0.380 e. The van der Waals surface area contributed by atoms with E-state index >= 15 is 0 Å². The minimum absolute atomic E-state index is 0.0750. The van der Waals surface area contributed by atoms with E-state index in [1.807, 2.05) is 4.90 Å². The van der Waals surface area contributed by atoms with E-state index in [0.29, 0.717) is 13.2 Å². The molecule has 0 aromatic rings. The van der Waals surface area contributed by atoms with Gasteiger partial charge in [-0.15, -0.1) is 0 Å². The van der Waals surface area contributed by atoms with Crippen LogP contribution in [0.1, 0.15) is 45.4 Å². The molecule has 1 aliphatic rings. The molecular formula is C13H26N2O2. The van der Waals surface area contributed by atoms with Crippen LogP contribution in [0.15, 0.2) is 0 Å². The molecule has 1 aliphatic heterocycles. The Hall–Kier alpha value is -0.770. The van der Waals surface area contributed by atoms with Crippen LogP contribution in [0.25, 0.3) is 0 Å². The lowest BCUT2D eigenvalue weighted by Crippen LogP contribution is -2.41. The Morgan fingerprint density at radius 2 is 1.88 bits per heavy atom. The summed E-state index contributed by atoms with van der Waals surface area (Å²) in [5, 5.41) is 2.92. The number of urea groups is 1. The molecule has 0 saturated carbocycles. The molecule has 0 atom stereocenters. The van der Waals surface area contributed by atoms with Crippen LogP contribution in [0.4, 0.5) is 4.79 Å². The highest BCUT2D eigenvalue weighted by Crippen LogP contribution is 2.09. The van der Waals surface area contributed by atoms with E-state index in [0.717, 1.165) is 45.4 Å². The zero-order valence-corrected chi connectivity index (χ0v) is 11.0. The van der Waals surface area contributed by atoms with E-state index in [1.54, 1.807) is 0 Å². The molecule has 17 heavy (non-hydrogen) atoms. The van der Waals surface area contributed by atoms with Crippen molar-refractivity contribution in [3.05, 3.63) is 0 Å². The molecule has 0 radical (unpaired) electrons. The molecule has 4 nitrogen and oxygen atoms in total. The number of amides is 2. The third-order valence-corrected chi connectivity index (χ3v) is 3.06. The molecular weight excluding hydrogens is 216 g/mol. The third kappa shape index (κ3) is 6.51. The Labute approximate surface area is 105 Å². The van der Waals surface area contributed by atoms with Crippen molar-refractivity contribution in [3.8, 4) is 0 Å². The Morgan fingerprint density at radius 1 is 1.18 bits per heavy atom. The number of unbranched alkanes of at least 4 members (excludes halogenated alkanes) is 1. The van der Waals surface area contributed by atoms with Crippen LogP contribution in [0.2, 0.25) is 0 Å². The highest BCUT2D eigenvalue weighted by atomic mass is 16.5. The van der Waals surface area contributed by atoms with Gasteiger partial charge in [0.2, 0.25) is 0 Å². The number of hydrogen-bond donors (Lipinski definition) is 1. The van der Waals surface area contributed by atoms with Gasteiger partial charge in [-0.05, 0) is 19.3 Å². The fourth-order valence-corrected chi connectivity index (χ4v) is 1.96. The van der Waals surface area contributed by atoms with Crippen LogP contribution in [-0.4, -0.2) is 43.8 Å². The maximum Gasteiger partial charge on any atom is 0.317 e. The summed E-state index contributed by atoms with van der Waals surface area (Å²) in [4.78, 5) is 13.7. The monoisotopic (exact) mass is 242 g/mol. The molecule has 100 valence electrons. The van der Waals surface area contributed by atoms with Crippen molar-refractivity contribution in [2.45, 2.75) is 45.4 Å². The van der Waals surface area contributed by atoms with Gasteiger partial charge in [0.15, 0.2) is 0 Å². The van der Waals surface area contributed by atoms with Crippen LogP contribution in [0.3, 0.4) is 0 Å². The molecule has 0 aromatic heterocycles. The highest BCUT2D eigenvalue weighted by molar-refractivity contribution is 5.74. The summed E-state index contributed by atoms with van der Waals surface area (Å²) in [7, 11) is 0. The zero-order valence-electron chi connectivity index (χ0n) is 11.0. The van der Waals surface area contributed by atoms with E-state index in [-0.39, 0.29) is 6.03 Å². The number of ether oxygens (including phenoxy) is 1. The predicted molar refractivity (Wildman–Crippen MR) is 69.2 cm³/mol. The van der Waals surface area contributed by atoms with E-state index in [4.69, 9.17) is 4.74 Å². The Kier molecular flexibility index (Phi) is 7.80. The third-order valence-electron chi connectivity index (χ3n) is 3.06. The molecule has 1 fully saturated rings. The van der Waals surface area contributed by atoms with Gasteiger partial charge in [0, 0.05) is 26.2 Å². The van der Waals surface area contributed by atoms with Crippen molar-refractivity contribution < 1.29 is 9.53 Å². The second kappa shape index (κ2) is 9.28. The Balaban J connectivity index is 2.03. The number of carbonyl (C=O) groups is 1. The summed E-state index contributed by atoms with van der Waals surface area (Å²) in [6, 6.07) is 0.0750. The average Bonchev–Trinajstić information content (AvgIpc) is 2.62. The molecule has 0 aliphatic carbocycles. The van der Waals surface area contributed by atoms with E-state index in [1.165, 1.54) is 12.8 Å². The number of carbonyl (C=O) groups excluding carboxylic acids is 1. The lowest BCUT2D eigenvalue weighted by molar-refractivity contribution is 0.131. The summed E-state index contributed by atoms with van der Waals surface area (Å²) >= 11 is 0. The van der Waals surface area contributed by atoms with Gasteiger partial charge in [0.05, 0.1) is 6.61 Å². The molecule has 1 heterocycles. The maximum absolute atomic E-state index is 11.8. The minimum Gasteiger partial charge on any atom is -0.380 e. The normalized spacial score (nSPS) is 16.6. The fourth-order valence-electron chi connectivity index (χ4n) is 1.96. The molecule has 0 unspecified atom stereocenters. The van der Waals surface area contributed by atoms with E-state index in [2.05, 4.69) is 12.2 Å². The Bertz CT molecular complexity index is 202. The molecule has 2 amide bonds. The number of nitrogens with one attached hydrogen (secondary N) is 1. The van der Waals surface area contributed by atoms with Gasteiger partial charge < -0.3 is 15.0 Å². The summed E-state index contributed by atoms with van der Waals surface area (Å²) < 4.78 is 5.40. The number of rotatable bonds is 6. The van der Waals surface area contributed by atoms with Crippen molar-refractivity contribution in [2.75, 3.05) is 32.8 Å². The molecule has 0 spiro atoms. The van der Waals surface area contributed by atoms with Crippen molar-refractivity contribution in [1.29, 1.82) is 0 Å². The quantitative estimate of drug-likeness (QED) is 0.727. The summed E-state index contributed by atoms with van der Waals surface area (Å²) in [6.45, 7) is 6.00. The van der Waals surface area contributed by atoms with Crippen molar-refractivity contribution >= 4 is 6.03 Å². The molecule has 0 bridgehead atoms. The van der Waals surface area contributed by atoms with E-state index < -0.39 is 0 Å². The van der Waals surface area contributed by atoms with Gasteiger partial charge >= 0.3 is 6.03 Å². The molecule has 1 saturated heterocycles. The number of hydrogen-bond acceptors (Lipinski definition) is 2. The van der Waals surface area contributed by atoms with Gasteiger partial charge in [0.1, 0.15) is 0 Å². The SMILES string of the molecule is CCCCOCCNC(=O)N1CCCCCC1. The summed E-state index contributed by atoms with van der Waals surface area (Å²) in [6.07, 6.45) is 7.04.